The van der Waals surface area contributed by atoms with E-state index in [0.717, 1.165) is 71.6 Å². The Morgan fingerprint density at radius 1 is 0.300 bits per heavy atom. The van der Waals surface area contributed by atoms with Gasteiger partial charge >= 0.3 is 0 Å². The zero-order chi connectivity index (χ0) is 45.7. The van der Waals surface area contributed by atoms with Crippen LogP contribution in [0.4, 0.5) is 0 Å². The third kappa shape index (κ3) is 5.57. The molecule has 10 aromatic carbocycles. The van der Waals surface area contributed by atoms with Crippen LogP contribution in [0.5, 0.6) is 0 Å². The van der Waals surface area contributed by atoms with Gasteiger partial charge in [0, 0.05) is 32.9 Å². The van der Waals surface area contributed by atoms with Gasteiger partial charge in [0.05, 0.1) is 31.7 Å². The third-order valence-electron chi connectivity index (χ3n) is 11.8. The van der Waals surface area contributed by atoms with Crippen molar-refractivity contribution in [1.82, 2.24) is 9.13 Å². The molecule has 2 heterocycles. The predicted molar refractivity (Wildman–Crippen MR) is 254 cm³/mol. The zero-order valence-corrected chi connectivity index (χ0v) is 32.3. The monoisotopic (exact) mass is 769 g/mol. The number of rotatable bonds is 6. The van der Waals surface area contributed by atoms with Gasteiger partial charge in [0.15, 0.2) is 0 Å². The molecule has 2 heteroatoms. The van der Waals surface area contributed by atoms with E-state index in [9.17, 15) is 6.85 Å². The van der Waals surface area contributed by atoms with Crippen LogP contribution in [0.15, 0.2) is 230 Å². The first-order chi connectivity index (χ1) is 32.7. The highest BCUT2D eigenvalue weighted by Gasteiger charge is 2.18. The topological polar surface area (TPSA) is 9.86 Å². The van der Waals surface area contributed by atoms with Crippen LogP contribution in [0.3, 0.4) is 0 Å². The van der Waals surface area contributed by atoms with Gasteiger partial charge in [0.2, 0.25) is 0 Å². The average molecular weight is 770 g/mol. The van der Waals surface area contributed by atoms with Gasteiger partial charge in [-0.25, -0.2) is 0 Å². The van der Waals surface area contributed by atoms with Crippen LogP contribution in [0.1, 0.15) is 9.60 Å². The van der Waals surface area contributed by atoms with Gasteiger partial charge in [0.25, 0.3) is 0 Å². The minimum Gasteiger partial charge on any atom is -0.309 e. The van der Waals surface area contributed by atoms with Gasteiger partial charge in [-0.05, 0) is 116 Å². The molecule has 280 valence electrons. The second-order valence-electron chi connectivity index (χ2n) is 15.2. The molecule has 0 bridgehead atoms. The van der Waals surface area contributed by atoms with Crippen molar-refractivity contribution in [2.75, 3.05) is 0 Å². The molecule has 0 saturated heterocycles. The second kappa shape index (κ2) is 13.9. The summed E-state index contributed by atoms with van der Waals surface area (Å²) in [7, 11) is 0. The minimum atomic E-state index is -0.425. The van der Waals surface area contributed by atoms with Crippen LogP contribution in [0.25, 0.3) is 110 Å². The third-order valence-corrected chi connectivity index (χ3v) is 11.8. The number of benzene rings is 10. The summed E-state index contributed by atoms with van der Waals surface area (Å²) in [5, 5.41) is 4.53. The molecular weight excluding hydrogens is 725 g/mol. The van der Waals surface area contributed by atoms with E-state index in [4.69, 9.17) is 2.74 Å². The van der Waals surface area contributed by atoms with Gasteiger partial charge in [-0.3, -0.25) is 0 Å². The van der Waals surface area contributed by atoms with E-state index in [1.165, 1.54) is 0 Å². The fraction of sp³-hybridized carbons (Fsp3) is 0. The molecule has 60 heavy (non-hydrogen) atoms. The normalized spacial score (nSPS) is 13.3. The lowest BCUT2D eigenvalue weighted by Crippen LogP contribution is -1.94. The number of hydrogen-bond donors (Lipinski definition) is 0. The van der Waals surface area contributed by atoms with Crippen molar-refractivity contribution in [2.45, 2.75) is 0 Å². The minimum absolute atomic E-state index is 0.0816. The summed E-state index contributed by atoms with van der Waals surface area (Å²) in [6, 6.07) is 61.6. The summed E-state index contributed by atoms with van der Waals surface area (Å²) < 4.78 is 69.1. The van der Waals surface area contributed by atoms with Crippen molar-refractivity contribution in [3.05, 3.63) is 230 Å². The van der Waals surface area contributed by atoms with Crippen molar-refractivity contribution in [3.8, 4) is 55.9 Å². The van der Waals surface area contributed by atoms with Crippen LogP contribution in [-0.2, 0) is 0 Å². The molecule has 2 nitrogen and oxygen atoms in total. The molecule has 0 unspecified atom stereocenters. The summed E-state index contributed by atoms with van der Waals surface area (Å²) in [4.78, 5) is 0. The van der Waals surface area contributed by atoms with Crippen LogP contribution in [0, 0.1) is 0 Å². The average Bonchev–Trinajstić information content (AvgIpc) is 3.91. The van der Waals surface area contributed by atoms with Gasteiger partial charge in [-0.15, -0.1) is 0 Å². The largest absolute Gasteiger partial charge is 0.309 e. The van der Waals surface area contributed by atoms with Crippen molar-refractivity contribution in [2.24, 2.45) is 0 Å². The molecule has 0 N–H and O–H groups in total. The Kier molecular flexibility index (Phi) is 6.39. The smallest absolute Gasteiger partial charge is 0.0645 e. The first-order valence-corrected chi connectivity index (χ1v) is 20.1. The fourth-order valence-corrected chi connectivity index (χ4v) is 8.91. The molecule has 0 atom stereocenters. The summed E-state index contributed by atoms with van der Waals surface area (Å²) in [6.45, 7) is 0. The van der Waals surface area contributed by atoms with Crippen LogP contribution in [-0.4, -0.2) is 9.13 Å². The first kappa shape index (κ1) is 27.7. The van der Waals surface area contributed by atoms with Gasteiger partial charge < -0.3 is 9.13 Å². The van der Waals surface area contributed by atoms with Gasteiger partial charge in [-0.1, -0.05) is 170 Å². The molecule has 12 rings (SSSR count). The lowest BCUT2D eigenvalue weighted by molar-refractivity contribution is 1.18. The lowest BCUT2D eigenvalue weighted by Gasteiger charge is -2.12. The van der Waals surface area contributed by atoms with Gasteiger partial charge in [-0.2, -0.15) is 0 Å². The Balaban J connectivity index is 1.11. The zero-order valence-electron chi connectivity index (χ0n) is 39.3. The Morgan fingerprint density at radius 3 is 1.78 bits per heavy atom. The van der Waals surface area contributed by atoms with Crippen LogP contribution in [0.2, 0.25) is 0 Å². The molecule has 0 saturated carbocycles. The van der Waals surface area contributed by atoms with Crippen molar-refractivity contribution in [1.29, 1.82) is 0 Å². The van der Waals surface area contributed by atoms with E-state index in [1.54, 1.807) is 4.57 Å². The summed E-state index contributed by atoms with van der Waals surface area (Å²) in [5.74, 6) is 0. The molecule has 0 spiro atoms. The molecule has 0 aliphatic heterocycles. The molecule has 0 radical (unpaired) electrons. The molecule has 2 aromatic heterocycles. The SMILES string of the molecule is [2H]c1c([2H])c([2H])c2c(c1[2H])c1c([2H])c(-c3ccc4c(c3)c3ccc(-c5cccc6ccccc56)cc3n4-c3ccc(-c4ccccc4)cc3)c([2H])c([2H])c1n2-c1cccc(-c2ccccc2)c1. The quantitative estimate of drug-likeness (QED) is 0.159. The molecule has 0 aliphatic rings. The summed E-state index contributed by atoms with van der Waals surface area (Å²) >= 11 is 0. The van der Waals surface area contributed by atoms with E-state index >= 15 is 0 Å². The number of aromatic nitrogens is 2. The van der Waals surface area contributed by atoms with E-state index in [0.29, 0.717) is 11.3 Å². The molecular formula is C58H38N2. The highest BCUT2D eigenvalue weighted by molar-refractivity contribution is 6.13. The fourth-order valence-electron chi connectivity index (χ4n) is 8.91. The lowest BCUT2D eigenvalue weighted by atomic mass is 9.97. The predicted octanol–water partition coefficient (Wildman–Crippen LogP) is 15.7. The summed E-state index contributed by atoms with van der Waals surface area (Å²) in [6.07, 6.45) is 0. The highest BCUT2D eigenvalue weighted by Crippen LogP contribution is 2.41. The van der Waals surface area contributed by atoms with Crippen molar-refractivity contribution in [3.63, 3.8) is 0 Å². The maximum Gasteiger partial charge on any atom is 0.0645 e. The van der Waals surface area contributed by atoms with Crippen LogP contribution < -0.4 is 0 Å². The number of hydrogen-bond acceptors (Lipinski definition) is 0. The molecule has 0 aliphatic carbocycles. The van der Waals surface area contributed by atoms with Crippen molar-refractivity contribution >= 4 is 54.4 Å². The van der Waals surface area contributed by atoms with Crippen LogP contribution >= 0.6 is 0 Å². The molecule has 0 amide bonds. The van der Waals surface area contributed by atoms with E-state index in [2.05, 4.69) is 102 Å². The highest BCUT2D eigenvalue weighted by atomic mass is 15.0. The number of para-hydroxylation sites is 1. The molecule has 0 fully saturated rings. The first-order valence-electron chi connectivity index (χ1n) is 23.6. The van der Waals surface area contributed by atoms with E-state index in [1.807, 2.05) is 91.0 Å². The second-order valence-corrected chi connectivity index (χ2v) is 15.2. The Bertz CT molecular complexity index is 3980. The Morgan fingerprint density at radius 2 is 0.933 bits per heavy atom. The maximum absolute atomic E-state index is 9.96. The Hall–Kier alpha value is -7.94. The Labute approximate surface area is 358 Å². The van der Waals surface area contributed by atoms with Gasteiger partial charge in [0.1, 0.15) is 0 Å². The number of nitrogens with zero attached hydrogens (tertiary/aromatic N) is 2. The van der Waals surface area contributed by atoms with E-state index in [-0.39, 0.29) is 57.6 Å². The molecule has 12 aromatic rings. The van der Waals surface area contributed by atoms with Crippen molar-refractivity contribution < 1.29 is 9.60 Å². The summed E-state index contributed by atoms with van der Waals surface area (Å²) in [5.41, 5.74) is 10.8. The standard InChI is InChI=1S/C58H38N2/c1-3-13-39(14-4-1)41-25-30-47(31-26-41)59-56-33-28-45(37-54(56)52-32-27-46(38-58(52)59)50-23-12-18-42-17-7-8-21-49(42)50)44-29-34-57-53(36-44)51-22-9-10-24-55(51)60(57)48-20-11-19-43(35-48)40-15-5-2-6-16-40/h1-38H/i9D,10D,22D,24D,29D,34D,36D. The number of fused-ring (bicyclic) bond motifs is 7. The van der Waals surface area contributed by atoms with E-state index < -0.39 is 12.1 Å². The maximum atomic E-state index is 9.96.